The maximum atomic E-state index is 6.10. The number of benzene rings is 1. The number of fused-ring (bicyclic) bond motifs is 1. The predicted molar refractivity (Wildman–Crippen MR) is 81.5 cm³/mol. The summed E-state index contributed by atoms with van der Waals surface area (Å²) in [5.74, 6) is 0.963. The van der Waals surface area contributed by atoms with E-state index in [4.69, 9.17) is 17.3 Å². The van der Waals surface area contributed by atoms with Gasteiger partial charge < -0.3 is 11.1 Å². The molecule has 2 aromatic rings. The predicted octanol–water partition coefficient (Wildman–Crippen LogP) is 3.71. The molecule has 3 N–H and O–H groups in total. The first-order valence-electron chi connectivity index (χ1n) is 6.32. The first-order chi connectivity index (χ1) is 8.87. The molecule has 5 heteroatoms. The van der Waals surface area contributed by atoms with Crippen molar-refractivity contribution in [3.8, 4) is 0 Å². The third-order valence-corrected chi connectivity index (χ3v) is 3.17. The van der Waals surface area contributed by atoms with Crippen LogP contribution in [0.3, 0.4) is 0 Å². The molecule has 0 saturated carbocycles. The van der Waals surface area contributed by atoms with Crippen molar-refractivity contribution >= 4 is 34.3 Å². The van der Waals surface area contributed by atoms with Crippen molar-refractivity contribution in [2.24, 2.45) is 5.41 Å². The van der Waals surface area contributed by atoms with Gasteiger partial charge in [-0.1, -0.05) is 38.4 Å². The minimum Gasteiger partial charge on any atom is -0.383 e. The molecular weight excluding hydrogens is 260 g/mol. The molecule has 0 bridgehead atoms. The van der Waals surface area contributed by atoms with Crippen LogP contribution in [0.15, 0.2) is 18.2 Å². The van der Waals surface area contributed by atoms with E-state index in [-0.39, 0.29) is 5.41 Å². The third kappa shape index (κ3) is 3.47. The lowest BCUT2D eigenvalue weighted by atomic mass is 9.92. The molecule has 0 aliphatic carbocycles. The van der Waals surface area contributed by atoms with Gasteiger partial charge in [0.15, 0.2) is 0 Å². The van der Waals surface area contributed by atoms with Crippen molar-refractivity contribution in [3.05, 3.63) is 23.2 Å². The monoisotopic (exact) mass is 278 g/mol. The molecule has 1 aromatic heterocycles. The summed E-state index contributed by atoms with van der Waals surface area (Å²) >= 11 is 6.10. The average Bonchev–Trinajstić information content (AvgIpc) is 2.26. The normalized spacial score (nSPS) is 11.8. The zero-order valence-electron chi connectivity index (χ0n) is 11.5. The van der Waals surface area contributed by atoms with Crippen LogP contribution in [0.4, 0.5) is 11.8 Å². The van der Waals surface area contributed by atoms with Gasteiger partial charge in [-0.05, 0) is 24.0 Å². The van der Waals surface area contributed by atoms with Gasteiger partial charge in [0.05, 0.1) is 15.9 Å². The summed E-state index contributed by atoms with van der Waals surface area (Å²) in [7, 11) is 0. The lowest BCUT2D eigenvalue weighted by Gasteiger charge is -2.18. The van der Waals surface area contributed by atoms with E-state index in [0.29, 0.717) is 22.2 Å². The Balaban J connectivity index is 2.22. The topological polar surface area (TPSA) is 63.8 Å². The Morgan fingerprint density at radius 2 is 2.00 bits per heavy atom. The Labute approximate surface area is 118 Å². The first kappa shape index (κ1) is 13.9. The SMILES string of the molecule is CC(C)(C)CCNc1nc(N)c2c(Cl)cccc2n1. The molecule has 0 aliphatic heterocycles. The van der Waals surface area contributed by atoms with E-state index in [2.05, 4.69) is 36.1 Å². The summed E-state index contributed by atoms with van der Waals surface area (Å²) in [6.07, 6.45) is 1.03. The van der Waals surface area contributed by atoms with Gasteiger partial charge >= 0.3 is 0 Å². The molecule has 4 nitrogen and oxygen atoms in total. The molecule has 0 spiro atoms. The van der Waals surface area contributed by atoms with Gasteiger partial charge in [-0.25, -0.2) is 4.98 Å². The number of hydrogen-bond acceptors (Lipinski definition) is 4. The van der Waals surface area contributed by atoms with Gasteiger partial charge in [0, 0.05) is 6.54 Å². The summed E-state index contributed by atoms with van der Waals surface area (Å²) < 4.78 is 0. The molecule has 0 atom stereocenters. The van der Waals surface area contributed by atoms with E-state index < -0.39 is 0 Å². The number of nitrogen functional groups attached to an aromatic ring is 1. The molecule has 1 heterocycles. The fourth-order valence-electron chi connectivity index (χ4n) is 1.80. The largest absolute Gasteiger partial charge is 0.383 e. The van der Waals surface area contributed by atoms with E-state index in [0.717, 1.165) is 18.5 Å². The fourth-order valence-corrected chi connectivity index (χ4v) is 2.06. The quantitative estimate of drug-likeness (QED) is 0.898. The zero-order valence-corrected chi connectivity index (χ0v) is 12.3. The van der Waals surface area contributed by atoms with Crippen molar-refractivity contribution in [2.75, 3.05) is 17.6 Å². The molecule has 102 valence electrons. The molecular formula is C14H19ClN4. The van der Waals surface area contributed by atoms with E-state index in [9.17, 15) is 0 Å². The standard InChI is InChI=1S/C14H19ClN4/c1-14(2,3)7-8-17-13-18-10-6-4-5-9(15)11(10)12(16)19-13/h4-6H,7-8H2,1-3H3,(H3,16,17,18,19). The Hall–Kier alpha value is -1.55. The van der Waals surface area contributed by atoms with Gasteiger partial charge in [0.25, 0.3) is 0 Å². The fraction of sp³-hybridized carbons (Fsp3) is 0.429. The molecule has 2 rings (SSSR count). The first-order valence-corrected chi connectivity index (χ1v) is 6.70. The van der Waals surface area contributed by atoms with Crippen LogP contribution in [0.1, 0.15) is 27.2 Å². The van der Waals surface area contributed by atoms with Crippen LogP contribution in [-0.4, -0.2) is 16.5 Å². The van der Waals surface area contributed by atoms with Gasteiger partial charge in [0.1, 0.15) is 5.82 Å². The second kappa shape index (κ2) is 5.21. The second-order valence-electron chi connectivity index (χ2n) is 5.80. The van der Waals surface area contributed by atoms with Crippen LogP contribution in [0, 0.1) is 5.41 Å². The van der Waals surface area contributed by atoms with Crippen LogP contribution in [0.2, 0.25) is 5.02 Å². The number of halogens is 1. The highest BCUT2D eigenvalue weighted by Gasteiger charge is 2.11. The van der Waals surface area contributed by atoms with Gasteiger partial charge in [-0.3, -0.25) is 0 Å². The van der Waals surface area contributed by atoms with Crippen molar-refractivity contribution in [3.63, 3.8) is 0 Å². The summed E-state index contributed by atoms with van der Waals surface area (Å²) in [5.41, 5.74) is 6.98. The summed E-state index contributed by atoms with van der Waals surface area (Å²) in [5, 5.41) is 4.50. The van der Waals surface area contributed by atoms with E-state index in [1.807, 2.05) is 12.1 Å². The minimum absolute atomic E-state index is 0.276. The van der Waals surface area contributed by atoms with E-state index in [1.165, 1.54) is 0 Å². The van der Waals surface area contributed by atoms with Crippen LogP contribution in [0.5, 0.6) is 0 Å². The Morgan fingerprint density at radius 3 is 2.68 bits per heavy atom. The van der Waals surface area contributed by atoms with Crippen LogP contribution >= 0.6 is 11.6 Å². The van der Waals surface area contributed by atoms with E-state index >= 15 is 0 Å². The average molecular weight is 279 g/mol. The molecule has 0 fully saturated rings. The number of anilines is 2. The van der Waals surface area contributed by atoms with Crippen molar-refractivity contribution < 1.29 is 0 Å². The van der Waals surface area contributed by atoms with Crippen LogP contribution < -0.4 is 11.1 Å². The number of hydrogen-bond donors (Lipinski definition) is 2. The number of aromatic nitrogens is 2. The summed E-state index contributed by atoms with van der Waals surface area (Å²) in [4.78, 5) is 8.68. The molecule has 1 aromatic carbocycles. The second-order valence-corrected chi connectivity index (χ2v) is 6.21. The molecule has 19 heavy (non-hydrogen) atoms. The summed E-state index contributed by atoms with van der Waals surface area (Å²) in [6.45, 7) is 7.41. The third-order valence-electron chi connectivity index (χ3n) is 2.86. The lowest BCUT2D eigenvalue weighted by molar-refractivity contribution is 0.389. The van der Waals surface area contributed by atoms with Crippen molar-refractivity contribution in [2.45, 2.75) is 27.2 Å². The van der Waals surface area contributed by atoms with Gasteiger partial charge in [-0.15, -0.1) is 0 Å². The van der Waals surface area contributed by atoms with Gasteiger partial charge in [0.2, 0.25) is 5.95 Å². The number of nitrogens with two attached hydrogens (primary N) is 1. The minimum atomic E-state index is 0.276. The Kier molecular flexibility index (Phi) is 3.80. The molecule has 0 amide bonds. The Bertz CT molecular complexity index is 590. The highest BCUT2D eigenvalue weighted by atomic mass is 35.5. The summed E-state index contributed by atoms with van der Waals surface area (Å²) in [6, 6.07) is 5.53. The van der Waals surface area contributed by atoms with E-state index in [1.54, 1.807) is 6.07 Å². The molecule has 0 radical (unpaired) electrons. The smallest absolute Gasteiger partial charge is 0.225 e. The number of nitrogens with one attached hydrogen (secondary N) is 1. The van der Waals surface area contributed by atoms with Crippen LogP contribution in [0.25, 0.3) is 10.9 Å². The molecule has 0 saturated heterocycles. The number of nitrogens with zero attached hydrogens (tertiary/aromatic N) is 2. The lowest BCUT2D eigenvalue weighted by Crippen LogP contribution is -2.14. The maximum absolute atomic E-state index is 6.10. The Morgan fingerprint density at radius 1 is 1.26 bits per heavy atom. The van der Waals surface area contributed by atoms with Gasteiger partial charge in [-0.2, -0.15) is 4.98 Å². The maximum Gasteiger partial charge on any atom is 0.225 e. The van der Waals surface area contributed by atoms with Crippen molar-refractivity contribution in [1.82, 2.24) is 9.97 Å². The van der Waals surface area contributed by atoms with Crippen molar-refractivity contribution in [1.29, 1.82) is 0 Å². The highest BCUT2D eigenvalue weighted by molar-refractivity contribution is 6.36. The zero-order chi connectivity index (χ0) is 14.0. The highest BCUT2D eigenvalue weighted by Crippen LogP contribution is 2.27. The van der Waals surface area contributed by atoms with Crippen LogP contribution in [-0.2, 0) is 0 Å². The molecule has 0 aliphatic rings. The number of rotatable bonds is 3. The molecule has 0 unspecified atom stereocenters.